The van der Waals surface area contributed by atoms with Crippen LogP contribution in [0.4, 0.5) is 0 Å². The number of nitrogens with one attached hydrogen (secondary N) is 2. The van der Waals surface area contributed by atoms with E-state index < -0.39 is 0 Å². The number of hydrogen-bond donors (Lipinski definition) is 2. The molecule has 2 N–H and O–H groups in total. The monoisotopic (exact) mass is 374 g/mol. The molecule has 0 aromatic heterocycles. The van der Waals surface area contributed by atoms with Crippen LogP contribution in [0, 0.1) is 5.92 Å². The van der Waals surface area contributed by atoms with Gasteiger partial charge in [0.25, 0.3) is 0 Å². The number of piperidine rings is 1. The molecule has 1 aliphatic rings. The first-order chi connectivity index (χ1) is 13.1. The van der Waals surface area contributed by atoms with E-state index in [1.807, 2.05) is 36.9 Å². The highest BCUT2D eigenvalue weighted by Gasteiger charge is 2.24. The van der Waals surface area contributed by atoms with Gasteiger partial charge >= 0.3 is 0 Å². The van der Waals surface area contributed by atoms with Gasteiger partial charge in [-0.2, -0.15) is 0 Å². The molecule has 1 fully saturated rings. The number of guanidine groups is 1. The molecule has 2 rings (SSSR count). The summed E-state index contributed by atoms with van der Waals surface area (Å²) >= 11 is 0. The number of likely N-dealkylation sites (tertiary alicyclic amines) is 1. The Hall–Kier alpha value is -2.08. The SMILES string of the molecule is CCNC(=NCCOCc1ccccc1)NC1CCN(C(=O)C(C)C)CC1. The summed E-state index contributed by atoms with van der Waals surface area (Å²) < 4.78 is 5.69. The van der Waals surface area contributed by atoms with E-state index >= 15 is 0 Å². The van der Waals surface area contributed by atoms with Gasteiger partial charge in [-0.15, -0.1) is 0 Å². The lowest BCUT2D eigenvalue weighted by Crippen LogP contribution is -2.50. The molecule has 0 bridgehead atoms. The largest absolute Gasteiger partial charge is 0.375 e. The Balaban J connectivity index is 1.71. The Kier molecular flexibility index (Phi) is 9.11. The van der Waals surface area contributed by atoms with Crippen molar-refractivity contribution in [2.45, 2.75) is 46.3 Å². The van der Waals surface area contributed by atoms with Gasteiger partial charge in [0.05, 0.1) is 19.8 Å². The average molecular weight is 375 g/mol. The minimum Gasteiger partial charge on any atom is -0.375 e. The van der Waals surface area contributed by atoms with Crippen LogP contribution in [0.25, 0.3) is 0 Å². The second-order valence-electron chi connectivity index (χ2n) is 7.20. The highest BCUT2D eigenvalue weighted by Crippen LogP contribution is 2.13. The molecule has 0 aliphatic carbocycles. The maximum Gasteiger partial charge on any atom is 0.225 e. The normalized spacial score (nSPS) is 15.9. The predicted octanol–water partition coefficient (Wildman–Crippen LogP) is 2.41. The first kappa shape index (κ1) is 21.2. The Bertz CT molecular complexity index is 581. The first-order valence-corrected chi connectivity index (χ1v) is 10.1. The number of hydrogen-bond acceptors (Lipinski definition) is 3. The molecule has 1 amide bonds. The number of benzene rings is 1. The van der Waals surface area contributed by atoms with Crippen molar-refractivity contribution < 1.29 is 9.53 Å². The van der Waals surface area contributed by atoms with Gasteiger partial charge < -0.3 is 20.3 Å². The molecule has 6 nitrogen and oxygen atoms in total. The number of rotatable bonds is 8. The van der Waals surface area contributed by atoms with Gasteiger partial charge in [-0.1, -0.05) is 44.2 Å². The number of aliphatic imine (C=N–C) groups is 1. The lowest BCUT2D eigenvalue weighted by atomic mass is 10.0. The summed E-state index contributed by atoms with van der Waals surface area (Å²) in [6.07, 6.45) is 1.90. The topological polar surface area (TPSA) is 66.0 Å². The summed E-state index contributed by atoms with van der Waals surface area (Å²) in [5, 5.41) is 6.79. The van der Waals surface area contributed by atoms with Gasteiger partial charge in [-0.3, -0.25) is 9.79 Å². The summed E-state index contributed by atoms with van der Waals surface area (Å²) in [6.45, 7) is 10.3. The zero-order valence-electron chi connectivity index (χ0n) is 16.9. The van der Waals surface area contributed by atoms with Crippen molar-refractivity contribution in [3.05, 3.63) is 35.9 Å². The van der Waals surface area contributed by atoms with Crippen molar-refractivity contribution in [2.24, 2.45) is 10.9 Å². The van der Waals surface area contributed by atoms with Gasteiger partial charge in [0.1, 0.15) is 0 Å². The molecule has 0 atom stereocenters. The van der Waals surface area contributed by atoms with Gasteiger partial charge in [0.15, 0.2) is 5.96 Å². The van der Waals surface area contributed by atoms with Crippen molar-refractivity contribution in [3.63, 3.8) is 0 Å². The van der Waals surface area contributed by atoms with E-state index in [4.69, 9.17) is 4.74 Å². The third-order valence-corrected chi connectivity index (χ3v) is 4.60. The van der Waals surface area contributed by atoms with Crippen LogP contribution >= 0.6 is 0 Å². The minimum absolute atomic E-state index is 0.0734. The number of carbonyl (C=O) groups is 1. The van der Waals surface area contributed by atoms with Gasteiger partial charge in [0, 0.05) is 31.6 Å². The van der Waals surface area contributed by atoms with Crippen LogP contribution in [0.3, 0.4) is 0 Å². The zero-order chi connectivity index (χ0) is 19.5. The number of amides is 1. The van der Waals surface area contributed by atoms with Crippen LogP contribution in [0.2, 0.25) is 0 Å². The molecule has 6 heteroatoms. The van der Waals surface area contributed by atoms with Crippen molar-refractivity contribution in [1.29, 1.82) is 0 Å². The third-order valence-electron chi connectivity index (χ3n) is 4.60. The van der Waals surface area contributed by atoms with Crippen LogP contribution < -0.4 is 10.6 Å². The Labute approximate surface area is 163 Å². The van der Waals surface area contributed by atoms with E-state index in [9.17, 15) is 4.79 Å². The Morgan fingerprint density at radius 3 is 2.59 bits per heavy atom. The van der Waals surface area contributed by atoms with Crippen LogP contribution in [0.1, 0.15) is 39.2 Å². The molecular formula is C21H34N4O2. The second kappa shape index (κ2) is 11.6. The second-order valence-corrected chi connectivity index (χ2v) is 7.20. The molecule has 1 aromatic rings. The lowest BCUT2D eigenvalue weighted by Gasteiger charge is -2.34. The summed E-state index contributed by atoms with van der Waals surface area (Å²) in [5.41, 5.74) is 1.18. The molecule has 1 heterocycles. The third kappa shape index (κ3) is 7.59. The Morgan fingerprint density at radius 2 is 1.96 bits per heavy atom. The molecular weight excluding hydrogens is 340 g/mol. The van der Waals surface area contributed by atoms with Crippen molar-refractivity contribution in [3.8, 4) is 0 Å². The fourth-order valence-electron chi connectivity index (χ4n) is 3.11. The van der Waals surface area contributed by atoms with Crippen LogP contribution in [-0.4, -0.2) is 55.6 Å². The molecule has 0 saturated carbocycles. The molecule has 0 unspecified atom stereocenters. The van der Waals surface area contributed by atoms with Crippen molar-refractivity contribution >= 4 is 11.9 Å². The van der Waals surface area contributed by atoms with Crippen LogP contribution in [0.5, 0.6) is 0 Å². The van der Waals surface area contributed by atoms with Gasteiger partial charge in [0.2, 0.25) is 5.91 Å². The van der Waals surface area contributed by atoms with E-state index in [0.717, 1.165) is 38.4 Å². The van der Waals surface area contributed by atoms with Crippen molar-refractivity contribution in [1.82, 2.24) is 15.5 Å². The highest BCUT2D eigenvalue weighted by molar-refractivity contribution is 5.80. The number of ether oxygens (including phenoxy) is 1. The average Bonchev–Trinajstić information content (AvgIpc) is 2.68. The molecule has 150 valence electrons. The van der Waals surface area contributed by atoms with E-state index in [2.05, 4.69) is 34.7 Å². The summed E-state index contributed by atoms with van der Waals surface area (Å²) in [4.78, 5) is 18.7. The standard InChI is InChI=1S/C21H34N4O2/c1-4-22-21(23-12-15-27-16-18-8-6-5-7-9-18)24-19-10-13-25(14-11-19)20(26)17(2)3/h5-9,17,19H,4,10-16H2,1-3H3,(H2,22,23,24). The van der Waals surface area contributed by atoms with E-state index in [-0.39, 0.29) is 11.8 Å². The first-order valence-electron chi connectivity index (χ1n) is 10.1. The minimum atomic E-state index is 0.0734. The smallest absolute Gasteiger partial charge is 0.225 e. The van der Waals surface area contributed by atoms with Gasteiger partial charge in [-0.05, 0) is 25.3 Å². The maximum atomic E-state index is 12.1. The Morgan fingerprint density at radius 1 is 1.26 bits per heavy atom. The molecule has 27 heavy (non-hydrogen) atoms. The maximum absolute atomic E-state index is 12.1. The predicted molar refractivity (Wildman–Crippen MR) is 110 cm³/mol. The number of carbonyl (C=O) groups excluding carboxylic acids is 1. The molecule has 0 spiro atoms. The summed E-state index contributed by atoms with van der Waals surface area (Å²) in [5.74, 6) is 1.16. The summed E-state index contributed by atoms with van der Waals surface area (Å²) in [6, 6.07) is 10.5. The van der Waals surface area contributed by atoms with E-state index in [0.29, 0.717) is 25.8 Å². The fraction of sp³-hybridized carbons (Fsp3) is 0.619. The molecule has 1 aromatic carbocycles. The highest BCUT2D eigenvalue weighted by atomic mass is 16.5. The zero-order valence-corrected chi connectivity index (χ0v) is 16.9. The lowest BCUT2D eigenvalue weighted by molar-refractivity contribution is -0.135. The molecule has 1 aliphatic heterocycles. The molecule has 1 saturated heterocycles. The van der Waals surface area contributed by atoms with Crippen LogP contribution in [-0.2, 0) is 16.1 Å². The van der Waals surface area contributed by atoms with Crippen LogP contribution in [0.15, 0.2) is 35.3 Å². The van der Waals surface area contributed by atoms with E-state index in [1.165, 1.54) is 5.56 Å². The van der Waals surface area contributed by atoms with Crippen molar-refractivity contribution in [2.75, 3.05) is 32.8 Å². The number of nitrogens with zero attached hydrogens (tertiary/aromatic N) is 2. The summed E-state index contributed by atoms with van der Waals surface area (Å²) in [7, 11) is 0. The fourth-order valence-corrected chi connectivity index (χ4v) is 3.11. The molecule has 0 radical (unpaired) electrons. The van der Waals surface area contributed by atoms with Gasteiger partial charge in [-0.25, -0.2) is 0 Å². The van der Waals surface area contributed by atoms with E-state index in [1.54, 1.807) is 0 Å². The quantitative estimate of drug-likeness (QED) is 0.417.